The molecule has 0 fully saturated rings. The summed E-state index contributed by atoms with van der Waals surface area (Å²) in [6.45, 7) is 2.00. The fourth-order valence-corrected chi connectivity index (χ4v) is 4.66. The van der Waals surface area contributed by atoms with Crippen LogP contribution in [0.4, 0.5) is 0 Å². The van der Waals surface area contributed by atoms with E-state index in [1.807, 2.05) is 73.7 Å². The highest BCUT2D eigenvalue weighted by Gasteiger charge is 2.14. The number of aromatic nitrogens is 4. The van der Waals surface area contributed by atoms with E-state index in [4.69, 9.17) is 69.6 Å². The van der Waals surface area contributed by atoms with Crippen molar-refractivity contribution in [3.8, 4) is 28.3 Å². The summed E-state index contributed by atoms with van der Waals surface area (Å²) in [6.07, 6.45) is 0. The minimum atomic E-state index is 0.0656. The van der Waals surface area contributed by atoms with Crippen molar-refractivity contribution in [3.05, 3.63) is 111 Å². The van der Waals surface area contributed by atoms with Crippen LogP contribution < -0.4 is 0 Å². The van der Waals surface area contributed by atoms with E-state index in [0.717, 1.165) is 22.2 Å². The SMILES string of the molecule is Cc1ccc(Cl)cc1-c1nc2ccccc2nc1Cl.ClCCl.Oc1ccc(Cl)cc1-c1nc2ccccc2nc1Cl. The van der Waals surface area contributed by atoms with Crippen LogP contribution in [0.15, 0.2) is 84.9 Å². The van der Waals surface area contributed by atoms with Gasteiger partial charge in [0.15, 0.2) is 10.3 Å². The van der Waals surface area contributed by atoms with E-state index in [2.05, 4.69) is 19.9 Å². The molecule has 2 heterocycles. The van der Waals surface area contributed by atoms with Gasteiger partial charge in [-0.05, 0) is 67.1 Å². The molecule has 0 bridgehead atoms. The minimum Gasteiger partial charge on any atom is -0.507 e. The van der Waals surface area contributed by atoms with Crippen molar-refractivity contribution in [1.82, 2.24) is 19.9 Å². The molecule has 0 spiro atoms. The van der Waals surface area contributed by atoms with Crippen molar-refractivity contribution in [2.45, 2.75) is 6.92 Å². The van der Waals surface area contributed by atoms with E-state index in [9.17, 15) is 5.11 Å². The molecule has 1 N–H and O–H groups in total. The van der Waals surface area contributed by atoms with Crippen molar-refractivity contribution < 1.29 is 5.11 Å². The van der Waals surface area contributed by atoms with E-state index in [1.54, 1.807) is 12.1 Å². The number of halogens is 6. The number of aryl methyl sites for hydroxylation is 1. The molecule has 208 valence electrons. The molecule has 11 heteroatoms. The molecule has 0 saturated heterocycles. The smallest absolute Gasteiger partial charge is 0.156 e. The monoisotopic (exact) mass is 662 g/mol. The maximum absolute atomic E-state index is 9.90. The highest BCUT2D eigenvalue weighted by molar-refractivity contribution is 6.40. The molecule has 0 saturated carbocycles. The van der Waals surface area contributed by atoms with Crippen LogP contribution in [0, 0.1) is 6.92 Å². The second kappa shape index (κ2) is 14.3. The summed E-state index contributed by atoms with van der Waals surface area (Å²) in [5.41, 5.74) is 6.55. The van der Waals surface area contributed by atoms with Gasteiger partial charge < -0.3 is 5.11 Å². The normalized spacial score (nSPS) is 10.5. The van der Waals surface area contributed by atoms with E-state index in [1.165, 1.54) is 6.07 Å². The average Bonchev–Trinajstić information content (AvgIpc) is 2.96. The van der Waals surface area contributed by atoms with Crippen LogP contribution in [0.5, 0.6) is 5.75 Å². The van der Waals surface area contributed by atoms with Crippen molar-refractivity contribution >= 4 is 91.7 Å². The summed E-state index contributed by atoms with van der Waals surface area (Å²) in [7, 11) is 0. The number of phenols is 1. The highest BCUT2D eigenvalue weighted by atomic mass is 35.5. The van der Waals surface area contributed by atoms with Gasteiger partial charge in [0.1, 0.15) is 17.1 Å². The standard InChI is InChI=1S/C15H10Cl2N2.C14H8Cl2N2O.CH2Cl2/c1-9-6-7-10(16)8-11(9)14-15(17)19-13-5-3-2-4-12(13)18-14;15-8-5-6-12(19)9(7-8)13-14(16)18-11-4-2-1-3-10(11)17-13;2-1-3/h2-8H,1H3;1-7,19H;1H2. The van der Waals surface area contributed by atoms with E-state index in [0.29, 0.717) is 43.2 Å². The van der Waals surface area contributed by atoms with Crippen molar-refractivity contribution in [2.24, 2.45) is 0 Å². The molecule has 6 rings (SSSR count). The molecule has 0 aliphatic rings. The third-order valence-electron chi connectivity index (χ3n) is 5.72. The summed E-state index contributed by atoms with van der Waals surface area (Å²) in [6, 6.07) is 25.4. The summed E-state index contributed by atoms with van der Waals surface area (Å²) >= 11 is 33.9. The zero-order valence-corrected chi connectivity index (χ0v) is 25.8. The number of para-hydroxylation sites is 4. The summed E-state index contributed by atoms with van der Waals surface area (Å²) < 4.78 is 0. The lowest BCUT2D eigenvalue weighted by molar-refractivity contribution is 0.477. The molecular formula is C30H20Cl6N4O. The number of benzene rings is 4. The molecule has 0 atom stereocenters. The van der Waals surface area contributed by atoms with Crippen molar-refractivity contribution in [3.63, 3.8) is 0 Å². The Balaban J connectivity index is 0.000000173. The Kier molecular flexibility index (Phi) is 10.8. The van der Waals surface area contributed by atoms with Crippen molar-refractivity contribution in [1.29, 1.82) is 0 Å². The molecule has 0 unspecified atom stereocenters. The first-order chi connectivity index (χ1) is 19.7. The number of fused-ring (bicyclic) bond motifs is 2. The molecular weight excluding hydrogens is 645 g/mol. The zero-order valence-electron chi connectivity index (χ0n) is 21.3. The van der Waals surface area contributed by atoms with Crippen LogP contribution in [-0.2, 0) is 0 Å². The van der Waals surface area contributed by atoms with E-state index >= 15 is 0 Å². The highest BCUT2D eigenvalue weighted by Crippen LogP contribution is 2.35. The second-order valence-corrected chi connectivity index (χ2v) is 10.8. The maximum Gasteiger partial charge on any atom is 0.156 e. The van der Waals surface area contributed by atoms with Gasteiger partial charge in [0, 0.05) is 21.2 Å². The Hall–Kier alpha value is -2.90. The van der Waals surface area contributed by atoms with Crippen LogP contribution in [0.3, 0.4) is 0 Å². The number of nitrogens with zero attached hydrogens (tertiary/aromatic N) is 4. The molecule has 0 radical (unpaired) electrons. The lowest BCUT2D eigenvalue weighted by Crippen LogP contribution is -1.93. The predicted molar refractivity (Wildman–Crippen MR) is 173 cm³/mol. The number of hydrogen-bond donors (Lipinski definition) is 1. The Bertz CT molecular complexity index is 1700. The van der Waals surface area contributed by atoms with Crippen LogP contribution in [0.25, 0.3) is 44.6 Å². The first-order valence-electron chi connectivity index (χ1n) is 11.9. The van der Waals surface area contributed by atoms with Gasteiger partial charge >= 0.3 is 0 Å². The Morgan fingerprint density at radius 1 is 0.561 bits per heavy atom. The van der Waals surface area contributed by atoms with Gasteiger partial charge in [-0.1, -0.05) is 76.7 Å². The fourth-order valence-electron chi connectivity index (χ4n) is 3.85. The molecule has 0 aliphatic carbocycles. The number of aromatic hydroxyl groups is 1. The Labute approximate surface area is 266 Å². The Morgan fingerprint density at radius 2 is 0.951 bits per heavy atom. The summed E-state index contributed by atoms with van der Waals surface area (Å²) in [4.78, 5) is 17.7. The molecule has 0 amide bonds. The van der Waals surface area contributed by atoms with Gasteiger partial charge in [-0.2, -0.15) is 0 Å². The molecule has 41 heavy (non-hydrogen) atoms. The topological polar surface area (TPSA) is 71.8 Å². The van der Waals surface area contributed by atoms with Gasteiger partial charge in [-0.25, -0.2) is 19.9 Å². The maximum atomic E-state index is 9.90. The third-order valence-corrected chi connectivity index (χ3v) is 6.72. The largest absolute Gasteiger partial charge is 0.507 e. The quantitative estimate of drug-likeness (QED) is 0.187. The molecule has 4 aromatic carbocycles. The van der Waals surface area contributed by atoms with Gasteiger partial charge in [-0.15, -0.1) is 23.2 Å². The molecule has 5 nitrogen and oxygen atoms in total. The van der Waals surface area contributed by atoms with E-state index < -0.39 is 0 Å². The number of rotatable bonds is 2. The first kappa shape index (κ1) is 31.0. The number of phenolic OH excluding ortho intramolecular Hbond substituents is 1. The molecule has 0 aliphatic heterocycles. The lowest BCUT2D eigenvalue weighted by atomic mass is 10.1. The number of alkyl halides is 2. The van der Waals surface area contributed by atoms with Gasteiger partial charge in [0.2, 0.25) is 0 Å². The zero-order chi connectivity index (χ0) is 29.5. The van der Waals surface area contributed by atoms with Crippen LogP contribution in [-0.4, -0.2) is 30.4 Å². The third kappa shape index (κ3) is 7.69. The van der Waals surface area contributed by atoms with Crippen molar-refractivity contribution in [2.75, 3.05) is 5.34 Å². The first-order valence-corrected chi connectivity index (χ1v) is 14.5. The molecule has 6 aromatic rings. The van der Waals surface area contributed by atoms with Crippen LogP contribution in [0.2, 0.25) is 20.4 Å². The number of hydrogen-bond acceptors (Lipinski definition) is 5. The Morgan fingerprint density at radius 3 is 1.44 bits per heavy atom. The predicted octanol–water partition coefficient (Wildman–Crippen LogP) is 10.6. The summed E-state index contributed by atoms with van der Waals surface area (Å²) in [5, 5.41) is 11.9. The van der Waals surface area contributed by atoms with Gasteiger partial charge in [0.25, 0.3) is 0 Å². The van der Waals surface area contributed by atoms with Gasteiger partial charge in [-0.3, -0.25) is 0 Å². The van der Waals surface area contributed by atoms with Crippen LogP contribution in [0.1, 0.15) is 5.56 Å². The summed E-state index contributed by atoms with van der Waals surface area (Å²) in [5.74, 6) is 0.0656. The lowest BCUT2D eigenvalue weighted by Gasteiger charge is -2.08. The average molecular weight is 665 g/mol. The fraction of sp³-hybridized carbons (Fsp3) is 0.0667. The van der Waals surface area contributed by atoms with E-state index in [-0.39, 0.29) is 16.2 Å². The van der Waals surface area contributed by atoms with Gasteiger partial charge in [0.05, 0.1) is 27.4 Å². The second-order valence-electron chi connectivity index (χ2n) is 8.43. The minimum absolute atomic E-state index is 0.0656. The molecule has 2 aromatic heterocycles. The van der Waals surface area contributed by atoms with Crippen LogP contribution >= 0.6 is 69.6 Å².